The zero-order valence-electron chi connectivity index (χ0n) is 26.3. The van der Waals surface area contributed by atoms with Gasteiger partial charge in [0.15, 0.2) is 17.3 Å². The summed E-state index contributed by atoms with van der Waals surface area (Å²) in [4.78, 5) is 26.3. The van der Waals surface area contributed by atoms with Crippen LogP contribution in [0.1, 0.15) is 103 Å². The van der Waals surface area contributed by atoms with Crippen LogP contribution in [0.4, 0.5) is 28.2 Å². The molecule has 9 nitrogen and oxygen atoms in total. The van der Waals surface area contributed by atoms with E-state index in [1.165, 1.54) is 13.8 Å². The number of carbonyl (C=O) groups is 1. The van der Waals surface area contributed by atoms with E-state index in [2.05, 4.69) is 25.4 Å². The van der Waals surface area contributed by atoms with Crippen molar-refractivity contribution < 1.29 is 36.7 Å². The molecule has 3 saturated carbocycles. The largest absolute Gasteiger partial charge is 0.434 e. The molecule has 2 heterocycles. The van der Waals surface area contributed by atoms with E-state index in [1.807, 2.05) is 0 Å². The maximum absolute atomic E-state index is 14.4. The molecule has 0 radical (unpaired) electrons. The zero-order chi connectivity index (χ0) is 33.1. The molecular weight excluding hydrogens is 594 g/mol. The highest BCUT2D eigenvalue weighted by Gasteiger charge is 2.53. The Bertz CT molecular complexity index is 1530. The number of benzene rings is 1. The first-order valence-corrected chi connectivity index (χ1v) is 15.0. The molecule has 2 bridgehead atoms. The van der Waals surface area contributed by atoms with Gasteiger partial charge >= 0.3 is 12.3 Å². The Morgan fingerprint density at radius 2 is 1.56 bits per heavy atom. The van der Waals surface area contributed by atoms with E-state index in [9.17, 15) is 27.5 Å². The Morgan fingerprint density at radius 3 is 2.07 bits per heavy atom. The van der Waals surface area contributed by atoms with Gasteiger partial charge in [0.05, 0.1) is 5.60 Å². The quantitative estimate of drug-likeness (QED) is 0.242. The highest BCUT2D eigenvalue weighted by Crippen LogP contribution is 2.58. The lowest BCUT2D eigenvalue weighted by molar-refractivity contribution is -0.242. The van der Waals surface area contributed by atoms with Crippen molar-refractivity contribution in [3.63, 3.8) is 0 Å². The van der Waals surface area contributed by atoms with Crippen LogP contribution in [-0.2, 0) is 27.8 Å². The fourth-order valence-electron chi connectivity index (χ4n) is 6.17. The number of fused-ring (bicyclic) bond motifs is 3. The van der Waals surface area contributed by atoms with E-state index >= 15 is 0 Å². The number of rotatable bonds is 8. The number of ether oxygens (including phenoxy) is 1. The average Bonchev–Trinajstić information content (AvgIpc) is 3.46. The van der Waals surface area contributed by atoms with Crippen LogP contribution in [0.25, 0.3) is 11.4 Å². The highest BCUT2D eigenvalue weighted by atomic mass is 19.4. The normalized spacial score (nSPS) is 22.4. The van der Waals surface area contributed by atoms with Gasteiger partial charge in [-0.15, -0.1) is 0 Å². The fraction of sp³-hybridized carbons (Fsp3) is 0.594. The van der Waals surface area contributed by atoms with E-state index in [4.69, 9.17) is 9.26 Å². The van der Waals surface area contributed by atoms with Crippen molar-refractivity contribution in [3.05, 3.63) is 53.3 Å². The van der Waals surface area contributed by atoms with Gasteiger partial charge in [0.2, 0.25) is 5.60 Å². The first kappa shape index (κ1) is 32.8. The molecule has 244 valence electrons. The van der Waals surface area contributed by atoms with Gasteiger partial charge in [-0.3, -0.25) is 5.32 Å². The Balaban J connectivity index is 1.40. The number of nitrogens with zero attached hydrogens (tertiary/aromatic N) is 4. The number of aromatic nitrogens is 4. The molecule has 1 amide bonds. The second-order valence-electron chi connectivity index (χ2n) is 14.1. The molecule has 3 aliphatic rings. The topological polar surface area (TPSA) is 123 Å². The van der Waals surface area contributed by atoms with E-state index < -0.39 is 29.1 Å². The number of alkyl halides is 4. The lowest BCUT2D eigenvalue weighted by atomic mass is 9.52. The minimum Gasteiger partial charge on any atom is -0.434 e. The Labute approximate surface area is 259 Å². The third-order valence-corrected chi connectivity index (χ3v) is 9.34. The molecule has 0 saturated heterocycles. The van der Waals surface area contributed by atoms with Crippen LogP contribution in [0, 0.1) is 5.41 Å². The van der Waals surface area contributed by atoms with Gasteiger partial charge in [-0.2, -0.15) is 18.2 Å². The summed E-state index contributed by atoms with van der Waals surface area (Å²) in [6.45, 7) is 7.62. The Hall–Kier alpha value is -3.61. The van der Waals surface area contributed by atoms with Crippen LogP contribution >= 0.6 is 0 Å². The average molecular weight is 634 g/mol. The number of halogens is 4. The summed E-state index contributed by atoms with van der Waals surface area (Å²) in [6.07, 6.45) is 0.671. The maximum atomic E-state index is 14.4. The lowest BCUT2D eigenvalue weighted by Crippen LogP contribution is -2.46. The zero-order valence-corrected chi connectivity index (χ0v) is 26.3. The van der Waals surface area contributed by atoms with E-state index in [1.54, 1.807) is 44.3 Å². The molecule has 3 fully saturated rings. The standard InChI is InChI=1S/C32H39F4N5O4/c1-27(2,33)25-40-24(41-45-25)31-14-11-30(12-15-31,13-16-31)17-20-18-37-22(19-7-9-21(10-8-19)28(3,4)43)38-23(20)39-26(42)44-29(5,6)32(34,35)36/h7-10,18,43H,11-17H2,1-6H3,(H,37,38,39,42). The minimum absolute atomic E-state index is 0.0439. The van der Waals surface area contributed by atoms with Gasteiger partial charge in [0, 0.05) is 22.7 Å². The van der Waals surface area contributed by atoms with E-state index in [-0.39, 0.29) is 28.4 Å². The molecule has 3 aromatic rings. The molecule has 1 aromatic carbocycles. The summed E-state index contributed by atoms with van der Waals surface area (Å²) >= 11 is 0. The summed E-state index contributed by atoms with van der Waals surface area (Å²) in [6, 6.07) is 6.92. The molecular formula is C32H39F4N5O4. The number of aliphatic hydroxyl groups is 1. The van der Waals surface area contributed by atoms with Crippen molar-refractivity contribution in [1.29, 1.82) is 0 Å². The number of nitrogens with one attached hydrogen (secondary N) is 1. The monoisotopic (exact) mass is 633 g/mol. The van der Waals surface area contributed by atoms with Gasteiger partial charge < -0.3 is 14.4 Å². The predicted octanol–water partition coefficient (Wildman–Crippen LogP) is 7.68. The lowest BCUT2D eigenvalue weighted by Gasteiger charge is -2.52. The summed E-state index contributed by atoms with van der Waals surface area (Å²) in [5.74, 6) is 0.799. The molecule has 3 aliphatic carbocycles. The molecule has 0 unspecified atom stereocenters. The summed E-state index contributed by atoms with van der Waals surface area (Å²) in [5.41, 5.74) is -4.15. The molecule has 0 atom stereocenters. The summed E-state index contributed by atoms with van der Waals surface area (Å²) in [5, 5.41) is 16.9. The summed E-state index contributed by atoms with van der Waals surface area (Å²) in [7, 11) is 0. The molecule has 0 spiro atoms. The van der Waals surface area contributed by atoms with Crippen molar-refractivity contribution in [2.75, 3.05) is 5.32 Å². The van der Waals surface area contributed by atoms with Gasteiger partial charge in [0.25, 0.3) is 5.89 Å². The molecule has 13 heteroatoms. The van der Waals surface area contributed by atoms with E-state index in [0.717, 1.165) is 52.4 Å². The van der Waals surface area contributed by atoms with Crippen molar-refractivity contribution in [3.8, 4) is 11.4 Å². The van der Waals surface area contributed by atoms with Crippen LogP contribution in [0.15, 0.2) is 35.0 Å². The Morgan fingerprint density at radius 1 is 0.956 bits per heavy atom. The number of amides is 1. The Kier molecular flexibility index (Phi) is 8.03. The molecule has 6 rings (SSSR count). The van der Waals surface area contributed by atoms with Crippen molar-refractivity contribution in [2.45, 2.75) is 115 Å². The number of hydrogen-bond donors (Lipinski definition) is 2. The number of anilines is 1. The molecule has 2 N–H and O–H groups in total. The van der Waals surface area contributed by atoms with Gasteiger partial charge in [-0.1, -0.05) is 29.4 Å². The third-order valence-electron chi connectivity index (χ3n) is 9.34. The predicted molar refractivity (Wildman–Crippen MR) is 157 cm³/mol. The number of carbonyl (C=O) groups excluding carboxylic acids is 1. The number of hydrogen-bond acceptors (Lipinski definition) is 8. The SMILES string of the molecule is CC(C)(O)c1ccc(-c2ncc(CC34CCC(c5noc(C(C)(C)F)n5)(CC3)CC4)c(NC(=O)OC(C)(C)C(F)(F)F)n2)cc1. The minimum atomic E-state index is -4.78. The van der Waals surface area contributed by atoms with Crippen molar-refractivity contribution in [1.82, 2.24) is 20.1 Å². The van der Waals surface area contributed by atoms with Crippen LogP contribution in [0.2, 0.25) is 0 Å². The first-order valence-electron chi connectivity index (χ1n) is 15.0. The third kappa shape index (κ3) is 6.68. The van der Waals surface area contributed by atoms with Crippen molar-refractivity contribution >= 4 is 11.9 Å². The van der Waals surface area contributed by atoms with Crippen LogP contribution < -0.4 is 5.32 Å². The highest BCUT2D eigenvalue weighted by molar-refractivity contribution is 5.85. The smallest absolute Gasteiger partial charge is 0.427 e. The second-order valence-corrected chi connectivity index (χ2v) is 14.1. The van der Waals surface area contributed by atoms with E-state index in [0.29, 0.717) is 28.9 Å². The first-order chi connectivity index (χ1) is 20.7. The van der Waals surface area contributed by atoms with Gasteiger partial charge in [0.1, 0.15) is 5.82 Å². The maximum Gasteiger partial charge on any atom is 0.427 e. The summed E-state index contributed by atoms with van der Waals surface area (Å²) < 4.78 is 64.8. The van der Waals surface area contributed by atoms with Gasteiger partial charge in [-0.05, 0) is 97.5 Å². The van der Waals surface area contributed by atoms with Crippen LogP contribution in [0.3, 0.4) is 0 Å². The van der Waals surface area contributed by atoms with Crippen LogP contribution in [-0.4, -0.2) is 43.1 Å². The van der Waals surface area contributed by atoms with Crippen LogP contribution in [0.5, 0.6) is 0 Å². The molecule has 2 aromatic heterocycles. The second kappa shape index (κ2) is 11.0. The molecule has 0 aliphatic heterocycles. The van der Waals surface area contributed by atoms with Crippen molar-refractivity contribution in [2.24, 2.45) is 5.41 Å². The fourth-order valence-corrected chi connectivity index (χ4v) is 6.17. The van der Waals surface area contributed by atoms with Gasteiger partial charge in [-0.25, -0.2) is 19.2 Å². The molecule has 45 heavy (non-hydrogen) atoms.